The Hall–Kier alpha value is -3.43. The maximum absolute atomic E-state index is 13.0. The standard InChI is InChI=1S/C24H24N4O3S2/c1-17-22(18(2)28(25-17)21-8-5-4-6-9-21)16-27(3)24(29)19-11-13-20(14-12-19)26-33(30,31)23-10-7-15-32-23/h4-15,26H,16H2,1-3H3. The van der Waals surface area contributed by atoms with Gasteiger partial charge in [0.1, 0.15) is 4.21 Å². The van der Waals surface area contributed by atoms with E-state index in [0.29, 0.717) is 17.8 Å². The Balaban J connectivity index is 1.47. The molecule has 170 valence electrons. The molecule has 9 heteroatoms. The number of amides is 1. The number of sulfonamides is 1. The highest BCUT2D eigenvalue weighted by molar-refractivity contribution is 7.94. The number of hydrogen-bond acceptors (Lipinski definition) is 5. The zero-order valence-electron chi connectivity index (χ0n) is 18.5. The van der Waals surface area contributed by atoms with Crippen LogP contribution < -0.4 is 4.72 Å². The van der Waals surface area contributed by atoms with Gasteiger partial charge in [-0.05, 0) is 61.7 Å². The van der Waals surface area contributed by atoms with E-state index in [1.807, 2.05) is 48.9 Å². The molecule has 0 atom stereocenters. The third kappa shape index (κ3) is 4.84. The van der Waals surface area contributed by atoms with Crippen molar-refractivity contribution < 1.29 is 13.2 Å². The van der Waals surface area contributed by atoms with Crippen LogP contribution in [-0.2, 0) is 16.6 Å². The molecule has 2 aromatic heterocycles. The lowest BCUT2D eigenvalue weighted by molar-refractivity contribution is 0.0785. The van der Waals surface area contributed by atoms with E-state index in [2.05, 4.69) is 9.82 Å². The normalized spacial score (nSPS) is 11.4. The summed E-state index contributed by atoms with van der Waals surface area (Å²) < 4.78 is 29.4. The Labute approximate surface area is 197 Å². The predicted octanol–water partition coefficient (Wildman–Crippen LogP) is 4.62. The summed E-state index contributed by atoms with van der Waals surface area (Å²) in [6.07, 6.45) is 0. The number of aryl methyl sites for hydroxylation is 1. The quantitative estimate of drug-likeness (QED) is 0.418. The largest absolute Gasteiger partial charge is 0.337 e. The Morgan fingerprint density at radius 3 is 2.36 bits per heavy atom. The predicted molar refractivity (Wildman–Crippen MR) is 130 cm³/mol. The number of anilines is 1. The number of carbonyl (C=O) groups is 1. The fourth-order valence-corrected chi connectivity index (χ4v) is 5.61. The first-order valence-electron chi connectivity index (χ1n) is 10.3. The van der Waals surface area contributed by atoms with Crippen LogP contribution in [0.3, 0.4) is 0 Å². The summed E-state index contributed by atoms with van der Waals surface area (Å²) in [6.45, 7) is 4.35. The topological polar surface area (TPSA) is 84.3 Å². The third-order valence-corrected chi connectivity index (χ3v) is 8.11. The van der Waals surface area contributed by atoms with Crippen molar-refractivity contribution in [3.63, 3.8) is 0 Å². The first kappa shape index (κ1) is 22.8. The fourth-order valence-electron chi connectivity index (χ4n) is 3.56. The molecule has 1 N–H and O–H groups in total. The summed E-state index contributed by atoms with van der Waals surface area (Å²) in [5.41, 5.74) is 4.70. The molecule has 0 fully saturated rings. The summed E-state index contributed by atoms with van der Waals surface area (Å²) in [7, 11) is -1.88. The lowest BCUT2D eigenvalue weighted by Crippen LogP contribution is -2.26. The highest BCUT2D eigenvalue weighted by Gasteiger charge is 2.19. The molecule has 1 amide bonds. The van der Waals surface area contributed by atoms with Gasteiger partial charge in [-0.3, -0.25) is 9.52 Å². The zero-order valence-corrected chi connectivity index (χ0v) is 20.2. The van der Waals surface area contributed by atoms with E-state index < -0.39 is 10.0 Å². The first-order chi connectivity index (χ1) is 15.8. The summed E-state index contributed by atoms with van der Waals surface area (Å²) in [5.74, 6) is -0.158. The van der Waals surface area contributed by atoms with Crippen LogP contribution in [0.5, 0.6) is 0 Å². The number of hydrogen-bond donors (Lipinski definition) is 1. The van der Waals surface area contributed by atoms with Gasteiger partial charge in [-0.15, -0.1) is 11.3 Å². The molecule has 0 radical (unpaired) electrons. The van der Waals surface area contributed by atoms with E-state index >= 15 is 0 Å². The molecule has 4 aromatic rings. The van der Waals surface area contributed by atoms with Crippen LogP contribution in [0, 0.1) is 13.8 Å². The molecule has 0 saturated carbocycles. The Kier molecular flexibility index (Phi) is 6.35. The zero-order chi connectivity index (χ0) is 23.6. The van der Waals surface area contributed by atoms with Gasteiger partial charge in [-0.2, -0.15) is 5.10 Å². The van der Waals surface area contributed by atoms with Crippen LogP contribution in [0.1, 0.15) is 27.3 Å². The Morgan fingerprint density at radius 1 is 1.03 bits per heavy atom. The van der Waals surface area contributed by atoms with Crippen molar-refractivity contribution in [2.24, 2.45) is 0 Å². The minimum Gasteiger partial charge on any atom is -0.337 e. The maximum Gasteiger partial charge on any atom is 0.271 e. The molecule has 33 heavy (non-hydrogen) atoms. The maximum atomic E-state index is 13.0. The molecular weight excluding hydrogens is 456 g/mol. The highest BCUT2D eigenvalue weighted by Crippen LogP contribution is 2.22. The van der Waals surface area contributed by atoms with Crippen molar-refractivity contribution in [3.8, 4) is 5.69 Å². The van der Waals surface area contributed by atoms with Gasteiger partial charge in [-0.25, -0.2) is 13.1 Å². The van der Waals surface area contributed by atoms with Crippen LogP contribution in [-0.4, -0.2) is 36.1 Å². The van der Waals surface area contributed by atoms with Crippen molar-refractivity contribution in [2.45, 2.75) is 24.6 Å². The number of nitrogens with zero attached hydrogens (tertiary/aromatic N) is 3. The Morgan fingerprint density at radius 2 is 1.73 bits per heavy atom. The van der Waals surface area contributed by atoms with Crippen molar-refractivity contribution in [1.29, 1.82) is 0 Å². The van der Waals surface area contributed by atoms with E-state index in [4.69, 9.17) is 0 Å². The van der Waals surface area contributed by atoms with Crippen molar-refractivity contribution >= 4 is 33.0 Å². The second-order valence-corrected chi connectivity index (χ2v) is 10.5. The lowest BCUT2D eigenvalue weighted by atomic mass is 10.1. The van der Waals surface area contributed by atoms with E-state index in [-0.39, 0.29) is 10.1 Å². The van der Waals surface area contributed by atoms with Gasteiger partial charge in [-0.1, -0.05) is 24.3 Å². The summed E-state index contributed by atoms with van der Waals surface area (Å²) in [6, 6.07) is 19.5. The highest BCUT2D eigenvalue weighted by atomic mass is 32.2. The van der Waals surface area contributed by atoms with Gasteiger partial charge < -0.3 is 4.90 Å². The monoisotopic (exact) mass is 480 g/mol. The lowest BCUT2D eigenvalue weighted by Gasteiger charge is -2.18. The third-order valence-electron chi connectivity index (χ3n) is 5.33. The molecule has 0 bridgehead atoms. The van der Waals surface area contributed by atoms with Crippen LogP contribution in [0.25, 0.3) is 5.69 Å². The van der Waals surface area contributed by atoms with Crippen LogP contribution >= 0.6 is 11.3 Å². The number of rotatable bonds is 7. The minimum absolute atomic E-state index is 0.158. The van der Waals surface area contributed by atoms with Crippen molar-refractivity contribution in [2.75, 3.05) is 11.8 Å². The van der Waals surface area contributed by atoms with Gasteiger partial charge >= 0.3 is 0 Å². The van der Waals surface area contributed by atoms with Crippen molar-refractivity contribution in [1.82, 2.24) is 14.7 Å². The molecule has 0 unspecified atom stereocenters. The molecule has 0 aliphatic carbocycles. The average molecular weight is 481 g/mol. The minimum atomic E-state index is -3.63. The van der Waals surface area contributed by atoms with Gasteiger partial charge in [0.15, 0.2) is 0 Å². The van der Waals surface area contributed by atoms with E-state index in [9.17, 15) is 13.2 Å². The summed E-state index contributed by atoms with van der Waals surface area (Å²) in [4.78, 5) is 14.6. The first-order valence-corrected chi connectivity index (χ1v) is 12.6. The second kappa shape index (κ2) is 9.21. The van der Waals surface area contributed by atoms with E-state index in [1.165, 1.54) is 0 Å². The molecule has 2 aromatic carbocycles. The van der Waals surface area contributed by atoms with Gasteiger partial charge in [0.25, 0.3) is 15.9 Å². The van der Waals surface area contributed by atoms with Gasteiger partial charge in [0.2, 0.25) is 0 Å². The van der Waals surface area contributed by atoms with Crippen LogP contribution in [0.4, 0.5) is 5.69 Å². The number of benzene rings is 2. The van der Waals surface area contributed by atoms with Crippen LogP contribution in [0.2, 0.25) is 0 Å². The molecule has 7 nitrogen and oxygen atoms in total. The second-order valence-electron chi connectivity index (χ2n) is 7.67. The number of aromatic nitrogens is 2. The summed E-state index contributed by atoms with van der Waals surface area (Å²) in [5, 5.41) is 6.35. The summed E-state index contributed by atoms with van der Waals surface area (Å²) >= 11 is 1.15. The molecule has 0 aliphatic rings. The molecule has 2 heterocycles. The average Bonchev–Trinajstić information content (AvgIpc) is 3.45. The SMILES string of the molecule is Cc1nn(-c2ccccc2)c(C)c1CN(C)C(=O)c1ccc(NS(=O)(=O)c2cccs2)cc1. The number of carbonyl (C=O) groups excluding carboxylic acids is 1. The number of nitrogens with one attached hydrogen (secondary N) is 1. The van der Waals surface area contributed by atoms with Gasteiger partial charge in [0.05, 0.1) is 11.4 Å². The molecule has 0 spiro atoms. The fraction of sp³-hybridized carbons (Fsp3) is 0.167. The molecule has 0 saturated heterocycles. The Bertz CT molecular complexity index is 1360. The van der Waals surface area contributed by atoms with Crippen LogP contribution in [0.15, 0.2) is 76.3 Å². The van der Waals surface area contributed by atoms with E-state index in [0.717, 1.165) is 34.0 Å². The number of thiophene rings is 1. The number of para-hydroxylation sites is 1. The van der Waals surface area contributed by atoms with Gasteiger partial charge in [0, 0.05) is 36.1 Å². The molecular formula is C24H24N4O3S2. The smallest absolute Gasteiger partial charge is 0.271 e. The van der Waals surface area contributed by atoms with E-state index in [1.54, 1.807) is 53.7 Å². The molecule has 0 aliphatic heterocycles. The molecule has 4 rings (SSSR count). The van der Waals surface area contributed by atoms with Crippen molar-refractivity contribution in [3.05, 3.63) is 94.6 Å².